The molecule has 1 aromatic rings. The molecule has 0 bridgehead atoms. The van der Waals surface area contributed by atoms with Gasteiger partial charge in [0.25, 0.3) is 0 Å². The average Bonchev–Trinajstić information content (AvgIpc) is 2.41. The third-order valence-electron chi connectivity index (χ3n) is 2.28. The third-order valence-corrected chi connectivity index (χ3v) is 3.31. The molecule has 0 fully saturated rings. The molecule has 0 amide bonds. The fourth-order valence-electron chi connectivity index (χ4n) is 1.57. The van der Waals surface area contributed by atoms with Crippen molar-refractivity contribution < 1.29 is 4.79 Å². The van der Waals surface area contributed by atoms with Crippen molar-refractivity contribution >= 4 is 17.1 Å². The van der Waals surface area contributed by atoms with Gasteiger partial charge in [-0.2, -0.15) is 0 Å². The van der Waals surface area contributed by atoms with Gasteiger partial charge in [0.2, 0.25) is 0 Å². The monoisotopic (exact) mass is 181 g/mol. The van der Waals surface area contributed by atoms with Crippen LogP contribution in [-0.2, 0) is 0 Å². The minimum atomic E-state index is 0.286. The number of aryl methyl sites for hydroxylation is 1. The van der Waals surface area contributed by atoms with Crippen molar-refractivity contribution in [2.24, 2.45) is 0 Å². The number of fused-ring (bicyclic) bond motifs is 1. The number of carbonyl (C=O) groups is 1. The molecular formula is C9H11NOS. The molecule has 0 radical (unpaired) electrons. The molecule has 2 rings (SSSR count). The number of hydrogen-bond acceptors (Lipinski definition) is 3. The highest BCUT2D eigenvalue weighted by Crippen LogP contribution is 2.33. The van der Waals surface area contributed by atoms with Crippen molar-refractivity contribution in [3.8, 4) is 0 Å². The molecule has 2 nitrogen and oxygen atoms in total. The van der Waals surface area contributed by atoms with Crippen molar-refractivity contribution in [3.05, 3.63) is 15.6 Å². The molecule has 0 saturated carbocycles. The molecule has 12 heavy (non-hydrogen) atoms. The van der Waals surface area contributed by atoms with Crippen LogP contribution in [0.15, 0.2) is 0 Å². The summed E-state index contributed by atoms with van der Waals surface area (Å²) in [6.45, 7) is 4.10. The first kappa shape index (κ1) is 7.92. The molecule has 1 aliphatic carbocycles. The Morgan fingerprint density at radius 3 is 3.00 bits per heavy atom. The zero-order valence-corrected chi connectivity index (χ0v) is 8.07. The quantitative estimate of drug-likeness (QED) is 0.615. The first-order valence-corrected chi connectivity index (χ1v) is 5.00. The number of aromatic nitrogens is 1. The maximum Gasteiger partial charge on any atom is 0.174 e. The summed E-state index contributed by atoms with van der Waals surface area (Å²) in [6, 6.07) is 0. The molecule has 0 spiro atoms. The number of thiazole rings is 1. The summed E-state index contributed by atoms with van der Waals surface area (Å²) in [7, 11) is 0. The van der Waals surface area contributed by atoms with E-state index in [9.17, 15) is 4.79 Å². The maximum atomic E-state index is 11.4. The standard InChI is InChI=1S/C9H11NOS/c1-5-3-4-7(11)9-8(5)10-6(2)12-9/h5H,3-4H2,1-2H3. The molecule has 0 saturated heterocycles. The van der Waals surface area contributed by atoms with E-state index in [0.29, 0.717) is 12.3 Å². The molecule has 1 aliphatic rings. The fraction of sp³-hybridized carbons (Fsp3) is 0.556. The lowest BCUT2D eigenvalue weighted by Crippen LogP contribution is -2.11. The minimum Gasteiger partial charge on any atom is -0.293 e. The molecule has 0 aromatic carbocycles. The molecule has 1 unspecified atom stereocenters. The van der Waals surface area contributed by atoms with Gasteiger partial charge in [0, 0.05) is 12.3 Å². The largest absolute Gasteiger partial charge is 0.293 e. The van der Waals surface area contributed by atoms with Crippen molar-refractivity contribution in [3.63, 3.8) is 0 Å². The number of hydrogen-bond donors (Lipinski definition) is 0. The first-order chi connectivity index (χ1) is 5.68. The summed E-state index contributed by atoms with van der Waals surface area (Å²) in [6.07, 6.45) is 1.67. The highest BCUT2D eigenvalue weighted by atomic mass is 32.1. The van der Waals surface area contributed by atoms with Crippen molar-refractivity contribution in [1.82, 2.24) is 4.98 Å². The lowest BCUT2D eigenvalue weighted by molar-refractivity contribution is 0.0971. The van der Waals surface area contributed by atoms with Gasteiger partial charge in [0.1, 0.15) is 0 Å². The molecule has 1 heterocycles. The lowest BCUT2D eigenvalue weighted by Gasteiger charge is -2.14. The van der Waals surface area contributed by atoms with Gasteiger partial charge in [-0.05, 0) is 13.3 Å². The second kappa shape index (κ2) is 2.66. The van der Waals surface area contributed by atoms with Crippen LogP contribution in [-0.4, -0.2) is 10.8 Å². The highest BCUT2D eigenvalue weighted by Gasteiger charge is 2.26. The third kappa shape index (κ3) is 1.08. The van der Waals surface area contributed by atoms with Crippen LogP contribution in [0.5, 0.6) is 0 Å². The van der Waals surface area contributed by atoms with E-state index in [-0.39, 0.29) is 5.78 Å². The van der Waals surface area contributed by atoms with Crippen LogP contribution in [0.2, 0.25) is 0 Å². The maximum absolute atomic E-state index is 11.4. The lowest BCUT2D eigenvalue weighted by atomic mass is 9.92. The summed E-state index contributed by atoms with van der Waals surface area (Å²) >= 11 is 1.54. The van der Waals surface area contributed by atoms with Crippen LogP contribution in [0.3, 0.4) is 0 Å². The van der Waals surface area contributed by atoms with Crippen LogP contribution in [0.4, 0.5) is 0 Å². The average molecular weight is 181 g/mol. The molecule has 0 aliphatic heterocycles. The van der Waals surface area contributed by atoms with Gasteiger partial charge >= 0.3 is 0 Å². The molecule has 64 valence electrons. The summed E-state index contributed by atoms with van der Waals surface area (Å²) in [5.74, 6) is 0.761. The van der Waals surface area contributed by atoms with Crippen molar-refractivity contribution in [2.45, 2.75) is 32.6 Å². The summed E-state index contributed by atoms with van der Waals surface area (Å²) in [5, 5.41) is 1.02. The summed E-state index contributed by atoms with van der Waals surface area (Å²) in [5.41, 5.74) is 1.04. The second-order valence-corrected chi connectivity index (χ2v) is 4.51. The van der Waals surface area contributed by atoms with Gasteiger partial charge in [-0.15, -0.1) is 11.3 Å². The molecule has 1 aromatic heterocycles. The van der Waals surface area contributed by atoms with Gasteiger partial charge in [0.15, 0.2) is 5.78 Å². The van der Waals surface area contributed by atoms with E-state index in [1.165, 1.54) is 0 Å². The fourth-order valence-corrected chi connectivity index (χ4v) is 2.58. The van der Waals surface area contributed by atoms with Gasteiger partial charge in [-0.1, -0.05) is 6.92 Å². The normalized spacial score (nSPS) is 22.5. The Labute approximate surface area is 75.6 Å². The molecule has 1 atom stereocenters. The van der Waals surface area contributed by atoms with E-state index in [4.69, 9.17) is 0 Å². The van der Waals surface area contributed by atoms with E-state index in [2.05, 4.69) is 11.9 Å². The SMILES string of the molecule is Cc1nc2c(s1)C(=O)CCC2C. The number of carbonyl (C=O) groups excluding carboxylic acids is 1. The second-order valence-electron chi connectivity index (χ2n) is 3.31. The van der Waals surface area contributed by atoms with Crippen LogP contribution in [0.25, 0.3) is 0 Å². The predicted molar refractivity (Wildman–Crippen MR) is 48.8 cm³/mol. The molecule has 0 N–H and O–H groups in total. The van der Waals surface area contributed by atoms with E-state index >= 15 is 0 Å². The van der Waals surface area contributed by atoms with Gasteiger partial charge in [-0.25, -0.2) is 4.98 Å². The number of Topliss-reactive ketones (excluding diaryl/α,β-unsaturated/α-hetero) is 1. The van der Waals surface area contributed by atoms with Crippen LogP contribution in [0, 0.1) is 6.92 Å². The number of ketones is 1. The smallest absolute Gasteiger partial charge is 0.174 e. The van der Waals surface area contributed by atoms with Crippen LogP contribution >= 0.6 is 11.3 Å². The van der Waals surface area contributed by atoms with E-state index < -0.39 is 0 Å². The van der Waals surface area contributed by atoms with Gasteiger partial charge in [-0.3, -0.25) is 4.79 Å². The highest BCUT2D eigenvalue weighted by molar-refractivity contribution is 7.13. The Balaban J connectivity index is 2.54. The van der Waals surface area contributed by atoms with Crippen molar-refractivity contribution in [2.75, 3.05) is 0 Å². The Bertz CT molecular complexity index is 329. The number of nitrogens with zero attached hydrogens (tertiary/aromatic N) is 1. The zero-order valence-electron chi connectivity index (χ0n) is 7.26. The predicted octanol–water partition coefficient (Wildman–Crippen LogP) is 2.53. The van der Waals surface area contributed by atoms with Gasteiger partial charge in [0.05, 0.1) is 15.6 Å². The molecule has 3 heteroatoms. The minimum absolute atomic E-state index is 0.286. The number of rotatable bonds is 0. The topological polar surface area (TPSA) is 30.0 Å². The molecular weight excluding hydrogens is 170 g/mol. The zero-order chi connectivity index (χ0) is 8.72. The Morgan fingerprint density at radius 2 is 2.33 bits per heavy atom. The Kier molecular flexibility index (Phi) is 1.76. The Morgan fingerprint density at radius 1 is 1.58 bits per heavy atom. The summed E-state index contributed by atoms with van der Waals surface area (Å²) in [4.78, 5) is 16.7. The first-order valence-electron chi connectivity index (χ1n) is 4.19. The van der Waals surface area contributed by atoms with Crippen LogP contribution < -0.4 is 0 Å². The summed E-state index contributed by atoms with van der Waals surface area (Å²) < 4.78 is 0. The van der Waals surface area contributed by atoms with Crippen LogP contribution in [0.1, 0.15) is 46.1 Å². The van der Waals surface area contributed by atoms with Gasteiger partial charge < -0.3 is 0 Å². The van der Waals surface area contributed by atoms with E-state index in [1.807, 2.05) is 6.92 Å². The van der Waals surface area contributed by atoms with E-state index in [0.717, 1.165) is 22.0 Å². The van der Waals surface area contributed by atoms with E-state index in [1.54, 1.807) is 11.3 Å². The Hall–Kier alpha value is -0.700. The van der Waals surface area contributed by atoms with Crippen molar-refractivity contribution in [1.29, 1.82) is 0 Å².